The van der Waals surface area contributed by atoms with Crippen molar-refractivity contribution in [2.24, 2.45) is 0 Å². The van der Waals surface area contributed by atoms with Gasteiger partial charge in [0.1, 0.15) is 0 Å². The molecule has 0 atom stereocenters. The Morgan fingerprint density at radius 1 is 1.67 bits per heavy atom. The summed E-state index contributed by atoms with van der Waals surface area (Å²) in [6.45, 7) is 3.82. The van der Waals surface area contributed by atoms with Crippen LogP contribution in [0.2, 0.25) is 0 Å². The number of nitrogens with one attached hydrogen (secondary N) is 1. The highest BCUT2D eigenvalue weighted by atomic mass is 79.9. The number of hydrogen-bond acceptors (Lipinski definition) is 3. The molecule has 82 valence electrons. The van der Waals surface area contributed by atoms with Crippen molar-refractivity contribution in [1.82, 2.24) is 10.2 Å². The Labute approximate surface area is 102 Å². The Morgan fingerprint density at radius 2 is 2.33 bits per heavy atom. The van der Waals surface area contributed by atoms with E-state index in [1.54, 1.807) is 0 Å². The fourth-order valence-corrected chi connectivity index (χ4v) is 2.97. The highest BCUT2D eigenvalue weighted by Crippen LogP contribution is 2.28. The van der Waals surface area contributed by atoms with Crippen LogP contribution < -0.4 is 5.32 Å². The third-order valence-corrected chi connectivity index (χ3v) is 4.82. The predicted octanol–water partition coefficient (Wildman–Crippen LogP) is 1.86. The molecule has 1 N–H and O–H groups in total. The van der Waals surface area contributed by atoms with E-state index in [-0.39, 0.29) is 5.91 Å². The second kappa shape index (κ2) is 4.23. The lowest BCUT2D eigenvalue weighted by Crippen LogP contribution is -2.57. The highest BCUT2D eigenvalue weighted by Gasteiger charge is 2.26. The summed E-state index contributed by atoms with van der Waals surface area (Å²) < 4.78 is 1.05. The molecule has 15 heavy (non-hydrogen) atoms. The summed E-state index contributed by atoms with van der Waals surface area (Å²) in [4.78, 5) is 14.7. The number of carbonyl (C=O) groups excluding carboxylic acids is 1. The summed E-state index contributed by atoms with van der Waals surface area (Å²) >= 11 is 4.94. The number of carbonyl (C=O) groups is 1. The van der Waals surface area contributed by atoms with Crippen LogP contribution in [-0.2, 0) is 0 Å². The minimum atomic E-state index is 0.125. The number of amides is 1. The third-order valence-electron chi connectivity index (χ3n) is 2.70. The van der Waals surface area contributed by atoms with Gasteiger partial charge < -0.3 is 10.2 Å². The van der Waals surface area contributed by atoms with Crippen LogP contribution in [0.25, 0.3) is 0 Å². The van der Waals surface area contributed by atoms with Crippen LogP contribution in [0.5, 0.6) is 0 Å². The molecular weight excluding hydrogens is 276 g/mol. The molecule has 1 aromatic heterocycles. The van der Waals surface area contributed by atoms with Gasteiger partial charge in [-0.15, -0.1) is 11.3 Å². The van der Waals surface area contributed by atoms with Gasteiger partial charge in [0, 0.05) is 20.1 Å². The molecule has 1 aromatic rings. The summed E-state index contributed by atoms with van der Waals surface area (Å²) in [6, 6.07) is 2.30. The van der Waals surface area contributed by atoms with Gasteiger partial charge >= 0.3 is 0 Å². The van der Waals surface area contributed by atoms with E-state index < -0.39 is 0 Å². The number of likely N-dealkylation sites (N-methyl/N-ethyl adjacent to an activating group) is 1. The summed E-state index contributed by atoms with van der Waals surface area (Å²) in [5.41, 5.74) is 1.13. The Morgan fingerprint density at radius 3 is 2.73 bits per heavy atom. The van der Waals surface area contributed by atoms with Crippen molar-refractivity contribution in [1.29, 1.82) is 0 Å². The van der Waals surface area contributed by atoms with Gasteiger partial charge in [-0.05, 0) is 34.5 Å². The van der Waals surface area contributed by atoms with Gasteiger partial charge in [-0.25, -0.2) is 0 Å². The van der Waals surface area contributed by atoms with Crippen molar-refractivity contribution in [3.63, 3.8) is 0 Å². The molecule has 2 heterocycles. The predicted molar refractivity (Wildman–Crippen MR) is 65.5 cm³/mol. The molecule has 0 spiro atoms. The Balaban J connectivity index is 2.12. The fraction of sp³-hybridized carbons (Fsp3) is 0.500. The van der Waals surface area contributed by atoms with Gasteiger partial charge in [-0.3, -0.25) is 4.79 Å². The first kappa shape index (κ1) is 11.1. The lowest BCUT2D eigenvalue weighted by atomic mass is 10.1. The van der Waals surface area contributed by atoms with E-state index in [9.17, 15) is 4.79 Å². The standard InChI is InChI=1S/C10H13BrN2OS/c1-6-3-8(15-9(6)11)10(14)13(2)7-4-12-5-7/h3,7,12H,4-5H2,1-2H3. The smallest absolute Gasteiger partial charge is 0.264 e. The second-order valence-corrected chi connectivity index (χ2v) is 6.17. The molecule has 1 saturated heterocycles. The average molecular weight is 289 g/mol. The molecule has 0 saturated carbocycles. The monoisotopic (exact) mass is 288 g/mol. The van der Waals surface area contributed by atoms with Crippen molar-refractivity contribution in [2.45, 2.75) is 13.0 Å². The molecule has 0 unspecified atom stereocenters. The van der Waals surface area contributed by atoms with Crippen molar-refractivity contribution < 1.29 is 4.79 Å². The quantitative estimate of drug-likeness (QED) is 0.901. The van der Waals surface area contributed by atoms with Crippen molar-refractivity contribution >= 4 is 33.2 Å². The Hall–Kier alpha value is -0.390. The molecule has 1 aliphatic heterocycles. The Kier molecular flexibility index (Phi) is 3.13. The zero-order valence-electron chi connectivity index (χ0n) is 8.71. The van der Waals surface area contributed by atoms with Crippen molar-refractivity contribution in [3.05, 3.63) is 20.3 Å². The van der Waals surface area contributed by atoms with Crippen LogP contribution in [0.3, 0.4) is 0 Å². The highest BCUT2D eigenvalue weighted by molar-refractivity contribution is 9.11. The molecular formula is C10H13BrN2OS. The van der Waals surface area contributed by atoms with E-state index in [1.165, 1.54) is 11.3 Å². The minimum Gasteiger partial charge on any atom is -0.335 e. The largest absolute Gasteiger partial charge is 0.335 e. The number of rotatable bonds is 2. The third kappa shape index (κ3) is 2.09. The SMILES string of the molecule is Cc1cc(C(=O)N(C)C2CNC2)sc1Br. The van der Waals surface area contributed by atoms with Crippen LogP contribution >= 0.6 is 27.3 Å². The number of hydrogen-bond donors (Lipinski definition) is 1. The van der Waals surface area contributed by atoms with Gasteiger partial charge in [-0.2, -0.15) is 0 Å². The number of thiophene rings is 1. The molecule has 1 amide bonds. The van der Waals surface area contributed by atoms with E-state index >= 15 is 0 Å². The topological polar surface area (TPSA) is 32.3 Å². The number of halogens is 1. The van der Waals surface area contributed by atoms with E-state index in [1.807, 2.05) is 24.9 Å². The fourth-order valence-electron chi connectivity index (χ4n) is 1.45. The molecule has 1 aliphatic rings. The number of aryl methyl sites for hydroxylation is 1. The van der Waals surface area contributed by atoms with Gasteiger partial charge in [0.15, 0.2) is 0 Å². The minimum absolute atomic E-state index is 0.125. The van der Waals surface area contributed by atoms with Gasteiger partial charge in [0.2, 0.25) is 0 Å². The first-order chi connectivity index (χ1) is 7.09. The molecule has 0 aliphatic carbocycles. The summed E-state index contributed by atoms with van der Waals surface area (Å²) in [7, 11) is 1.87. The molecule has 2 rings (SSSR count). The Bertz CT molecular complexity index is 367. The maximum Gasteiger partial charge on any atom is 0.264 e. The second-order valence-electron chi connectivity index (χ2n) is 3.80. The zero-order chi connectivity index (χ0) is 11.0. The van der Waals surface area contributed by atoms with Gasteiger partial charge in [-0.1, -0.05) is 0 Å². The van der Waals surface area contributed by atoms with E-state index in [4.69, 9.17) is 0 Å². The molecule has 0 aromatic carbocycles. The summed E-state index contributed by atoms with van der Waals surface area (Å²) in [6.07, 6.45) is 0. The number of nitrogens with zero attached hydrogens (tertiary/aromatic N) is 1. The van der Waals surface area contributed by atoms with Crippen LogP contribution in [0, 0.1) is 6.92 Å². The van der Waals surface area contributed by atoms with Crippen molar-refractivity contribution in [2.75, 3.05) is 20.1 Å². The zero-order valence-corrected chi connectivity index (χ0v) is 11.1. The van der Waals surface area contributed by atoms with Crippen molar-refractivity contribution in [3.8, 4) is 0 Å². The molecule has 5 heteroatoms. The van der Waals surface area contributed by atoms with Crippen LogP contribution in [0.1, 0.15) is 15.2 Å². The molecule has 3 nitrogen and oxygen atoms in total. The van der Waals surface area contributed by atoms with Crippen LogP contribution in [-0.4, -0.2) is 37.0 Å². The maximum atomic E-state index is 12.0. The first-order valence-corrected chi connectivity index (χ1v) is 6.44. The van der Waals surface area contributed by atoms with E-state index in [2.05, 4.69) is 21.2 Å². The van der Waals surface area contributed by atoms with E-state index in [0.717, 1.165) is 27.3 Å². The van der Waals surface area contributed by atoms with Crippen LogP contribution in [0.4, 0.5) is 0 Å². The summed E-state index contributed by atoms with van der Waals surface area (Å²) in [5.74, 6) is 0.125. The lowest BCUT2D eigenvalue weighted by Gasteiger charge is -2.35. The molecule has 0 bridgehead atoms. The van der Waals surface area contributed by atoms with E-state index in [0.29, 0.717) is 6.04 Å². The normalized spacial score (nSPS) is 16.2. The molecule has 1 fully saturated rings. The first-order valence-electron chi connectivity index (χ1n) is 4.83. The maximum absolute atomic E-state index is 12.0. The lowest BCUT2D eigenvalue weighted by molar-refractivity contribution is 0.0686. The summed E-state index contributed by atoms with van der Waals surface area (Å²) in [5, 5.41) is 3.17. The molecule has 0 radical (unpaired) electrons. The van der Waals surface area contributed by atoms with Crippen LogP contribution in [0.15, 0.2) is 9.85 Å². The average Bonchev–Trinajstić information content (AvgIpc) is 2.43. The van der Waals surface area contributed by atoms with Gasteiger partial charge in [0.25, 0.3) is 5.91 Å². The van der Waals surface area contributed by atoms with Gasteiger partial charge in [0.05, 0.1) is 14.7 Å².